The Bertz CT molecular complexity index is 597. The van der Waals surface area contributed by atoms with E-state index in [0.717, 1.165) is 6.42 Å². The lowest BCUT2D eigenvalue weighted by molar-refractivity contribution is 0.00578. The monoisotopic (exact) mass is 305 g/mol. The molecule has 2 saturated heterocycles. The Morgan fingerprint density at radius 1 is 1.18 bits per heavy atom. The molecule has 22 heavy (non-hydrogen) atoms. The number of carbonyl (C=O) groups is 1. The highest BCUT2D eigenvalue weighted by molar-refractivity contribution is 6.62. The number of hydrogen-bond acceptors (Lipinski definition) is 3. The maximum Gasteiger partial charge on any atom is 0.494 e. The molecule has 1 aromatic rings. The van der Waals surface area contributed by atoms with Gasteiger partial charge in [0.05, 0.1) is 16.8 Å². The quantitative estimate of drug-likeness (QED) is 0.784. The van der Waals surface area contributed by atoms with Crippen LogP contribution in [-0.2, 0) is 9.31 Å². The first kappa shape index (κ1) is 15.5. The van der Waals surface area contributed by atoms with Crippen molar-refractivity contribution in [3.05, 3.63) is 29.6 Å². The van der Waals surface area contributed by atoms with Crippen LogP contribution in [0.5, 0.6) is 0 Å². The van der Waals surface area contributed by atoms with E-state index in [2.05, 4.69) is 0 Å². The van der Waals surface area contributed by atoms with Crippen LogP contribution in [0.1, 0.15) is 44.5 Å². The van der Waals surface area contributed by atoms with E-state index in [1.807, 2.05) is 27.7 Å². The minimum absolute atomic E-state index is 0.111. The second-order valence-corrected chi connectivity index (χ2v) is 6.97. The highest BCUT2D eigenvalue weighted by Gasteiger charge is 2.51. The number of carbonyl (C=O) groups excluding carboxylic acids is 1. The summed E-state index contributed by atoms with van der Waals surface area (Å²) in [5.41, 5.74) is -0.239. The van der Waals surface area contributed by atoms with Gasteiger partial charge in [0.25, 0.3) is 5.91 Å². The van der Waals surface area contributed by atoms with Gasteiger partial charge in [-0.15, -0.1) is 0 Å². The molecule has 0 unspecified atom stereocenters. The molecule has 1 amide bonds. The molecule has 0 saturated carbocycles. The summed E-state index contributed by atoms with van der Waals surface area (Å²) in [5, 5.41) is 0. The zero-order valence-electron chi connectivity index (χ0n) is 13.5. The van der Waals surface area contributed by atoms with Crippen LogP contribution in [0.4, 0.5) is 4.39 Å². The Hall–Kier alpha value is -1.40. The number of amides is 1. The van der Waals surface area contributed by atoms with Crippen molar-refractivity contribution in [3.8, 4) is 0 Å². The number of halogens is 1. The topological polar surface area (TPSA) is 38.8 Å². The normalized spacial score (nSPS) is 22.6. The van der Waals surface area contributed by atoms with Gasteiger partial charge >= 0.3 is 7.12 Å². The van der Waals surface area contributed by atoms with Crippen LogP contribution in [0.25, 0.3) is 0 Å². The summed E-state index contributed by atoms with van der Waals surface area (Å²) in [6.07, 6.45) is 0.985. The zero-order valence-corrected chi connectivity index (χ0v) is 13.5. The lowest BCUT2D eigenvalue weighted by atomic mass is 9.78. The summed E-state index contributed by atoms with van der Waals surface area (Å²) < 4.78 is 26.1. The van der Waals surface area contributed by atoms with Crippen molar-refractivity contribution in [3.63, 3.8) is 0 Å². The molecule has 118 valence electrons. The summed E-state index contributed by atoms with van der Waals surface area (Å²) in [4.78, 5) is 13.8. The predicted octanol–water partition coefficient (Wildman–Crippen LogP) is 1.97. The third-order valence-electron chi connectivity index (χ3n) is 4.89. The van der Waals surface area contributed by atoms with Gasteiger partial charge < -0.3 is 14.2 Å². The first-order chi connectivity index (χ1) is 10.2. The van der Waals surface area contributed by atoms with E-state index in [9.17, 15) is 9.18 Å². The maximum absolute atomic E-state index is 14.3. The van der Waals surface area contributed by atoms with Crippen LogP contribution in [0, 0.1) is 5.82 Å². The van der Waals surface area contributed by atoms with Crippen molar-refractivity contribution in [1.29, 1.82) is 0 Å². The van der Waals surface area contributed by atoms with Gasteiger partial charge in [0.15, 0.2) is 0 Å². The molecule has 1 aromatic carbocycles. The molecule has 0 radical (unpaired) electrons. The predicted molar refractivity (Wildman–Crippen MR) is 82.6 cm³/mol. The first-order valence-corrected chi connectivity index (χ1v) is 7.66. The van der Waals surface area contributed by atoms with Crippen LogP contribution in [0.15, 0.2) is 18.2 Å². The molecule has 0 bridgehead atoms. The van der Waals surface area contributed by atoms with Gasteiger partial charge in [-0.3, -0.25) is 4.79 Å². The number of hydrogen-bond donors (Lipinski definition) is 0. The molecule has 0 atom stereocenters. The first-order valence-electron chi connectivity index (χ1n) is 7.66. The SMILES string of the molecule is CC1(C)OB(c2ccc(C(=O)N3CCC3)c(F)c2)OC1(C)C. The molecule has 2 aliphatic rings. The van der Waals surface area contributed by atoms with Gasteiger partial charge in [0.2, 0.25) is 0 Å². The van der Waals surface area contributed by atoms with E-state index in [4.69, 9.17) is 9.31 Å². The smallest absolute Gasteiger partial charge is 0.399 e. The van der Waals surface area contributed by atoms with Gasteiger partial charge in [-0.05, 0) is 51.7 Å². The highest BCUT2D eigenvalue weighted by Crippen LogP contribution is 2.36. The average molecular weight is 305 g/mol. The average Bonchev–Trinajstić information content (AvgIpc) is 2.56. The van der Waals surface area contributed by atoms with Crippen LogP contribution < -0.4 is 5.46 Å². The Balaban J connectivity index is 1.82. The minimum atomic E-state index is -0.618. The fraction of sp³-hybridized carbons (Fsp3) is 0.562. The summed E-state index contributed by atoms with van der Waals surface area (Å²) in [6, 6.07) is 4.57. The molecule has 0 aromatic heterocycles. The Kier molecular flexibility index (Phi) is 3.57. The molecule has 6 heteroatoms. The third kappa shape index (κ3) is 2.44. The van der Waals surface area contributed by atoms with Gasteiger partial charge in [-0.25, -0.2) is 4.39 Å². The number of nitrogens with zero attached hydrogens (tertiary/aromatic N) is 1. The van der Waals surface area contributed by atoms with E-state index in [0.29, 0.717) is 18.6 Å². The molecule has 0 N–H and O–H groups in total. The van der Waals surface area contributed by atoms with Crippen molar-refractivity contribution >= 4 is 18.5 Å². The van der Waals surface area contributed by atoms with E-state index in [1.165, 1.54) is 12.1 Å². The van der Waals surface area contributed by atoms with Crippen molar-refractivity contribution in [2.75, 3.05) is 13.1 Å². The Labute approximate surface area is 130 Å². The van der Waals surface area contributed by atoms with E-state index < -0.39 is 24.1 Å². The lowest BCUT2D eigenvalue weighted by Crippen LogP contribution is -2.42. The fourth-order valence-electron chi connectivity index (χ4n) is 2.52. The van der Waals surface area contributed by atoms with Crippen molar-refractivity contribution in [2.45, 2.75) is 45.3 Å². The second kappa shape index (κ2) is 5.06. The standard InChI is InChI=1S/C16H21BFNO3/c1-15(2)16(3,4)22-17(21-15)11-6-7-12(13(18)10-11)14(20)19-8-5-9-19/h6-7,10H,5,8-9H2,1-4H3. The van der Waals surface area contributed by atoms with Gasteiger partial charge in [-0.1, -0.05) is 6.07 Å². The fourth-order valence-corrected chi connectivity index (χ4v) is 2.52. The molecule has 2 heterocycles. The highest BCUT2D eigenvalue weighted by atomic mass is 19.1. The van der Waals surface area contributed by atoms with Gasteiger partial charge in [-0.2, -0.15) is 0 Å². The second-order valence-electron chi connectivity index (χ2n) is 6.97. The van der Waals surface area contributed by atoms with E-state index in [-0.39, 0.29) is 11.5 Å². The van der Waals surface area contributed by atoms with Gasteiger partial charge in [0.1, 0.15) is 5.82 Å². The molecule has 2 fully saturated rings. The van der Waals surface area contributed by atoms with Crippen LogP contribution in [-0.4, -0.2) is 42.2 Å². The number of likely N-dealkylation sites (tertiary alicyclic amines) is 1. The van der Waals surface area contributed by atoms with Crippen LogP contribution in [0.3, 0.4) is 0 Å². The van der Waals surface area contributed by atoms with Crippen molar-refractivity contribution < 1.29 is 18.5 Å². The molecule has 3 rings (SSSR count). The molecule has 0 aliphatic carbocycles. The molecule has 2 aliphatic heterocycles. The van der Waals surface area contributed by atoms with E-state index >= 15 is 0 Å². The van der Waals surface area contributed by atoms with Crippen molar-refractivity contribution in [2.24, 2.45) is 0 Å². The zero-order chi connectivity index (χ0) is 16.1. The lowest BCUT2D eigenvalue weighted by Gasteiger charge is -2.32. The van der Waals surface area contributed by atoms with E-state index in [1.54, 1.807) is 11.0 Å². The van der Waals surface area contributed by atoms with Crippen molar-refractivity contribution in [1.82, 2.24) is 4.90 Å². The molecular formula is C16H21BFNO3. The summed E-state index contributed by atoms with van der Waals surface area (Å²) in [5.74, 6) is -0.770. The summed E-state index contributed by atoms with van der Waals surface area (Å²) in [6.45, 7) is 9.21. The van der Waals surface area contributed by atoms with Gasteiger partial charge in [0, 0.05) is 13.1 Å². The molecule has 4 nitrogen and oxygen atoms in total. The largest absolute Gasteiger partial charge is 0.494 e. The number of rotatable bonds is 2. The minimum Gasteiger partial charge on any atom is -0.399 e. The third-order valence-corrected chi connectivity index (χ3v) is 4.89. The maximum atomic E-state index is 14.3. The molecular weight excluding hydrogens is 284 g/mol. The Morgan fingerprint density at radius 3 is 2.23 bits per heavy atom. The van der Waals surface area contributed by atoms with Crippen LogP contribution in [0.2, 0.25) is 0 Å². The molecule has 0 spiro atoms. The number of benzene rings is 1. The Morgan fingerprint density at radius 2 is 1.77 bits per heavy atom. The summed E-state index contributed by atoms with van der Waals surface area (Å²) in [7, 11) is -0.618. The van der Waals surface area contributed by atoms with Crippen LogP contribution >= 0.6 is 0 Å². The summed E-state index contributed by atoms with van der Waals surface area (Å²) >= 11 is 0.